The lowest BCUT2D eigenvalue weighted by Gasteiger charge is -2.09. The molecule has 0 aromatic heterocycles. The summed E-state index contributed by atoms with van der Waals surface area (Å²) < 4.78 is 23.3. The Balaban J connectivity index is 1.96. The standard InChI is InChI=1S/C16H12ClFN2O6/c1-25-10-3-4-11(13(18)7-10)16(22)26-8-15(21)19-14-5-2-9(20(23)24)6-12(14)17/h2-7H,8H2,1H3,(H,19,21). The molecule has 1 amide bonds. The third-order valence-corrected chi connectivity index (χ3v) is 3.48. The number of esters is 1. The molecule has 2 aromatic rings. The molecule has 0 spiro atoms. The number of ether oxygens (including phenoxy) is 2. The summed E-state index contributed by atoms with van der Waals surface area (Å²) in [4.78, 5) is 33.6. The lowest BCUT2D eigenvalue weighted by molar-refractivity contribution is -0.384. The molecule has 1 N–H and O–H groups in total. The number of halogens is 2. The number of amides is 1. The van der Waals surface area contributed by atoms with Crippen molar-refractivity contribution in [3.05, 3.63) is 62.9 Å². The van der Waals surface area contributed by atoms with E-state index in [9.17, 15) is 24.1 Å². The van der Waals surface area contributed by atoms with E-state index in [1.165, 1.54) is 25.3 Å². The van der Waals surface area contributed by atoms with Crippen molar-refractivity contribution in [1.29, 1.82) is 0 Å². The predicted molar refractivity (Wildman–Crippen MR) is 90.0 cm³/mol. The van der Waals surface area contributed by atoms with Crippen molar-refractivity contribution in [2.45, 2.75) is 0 Å². The van der Waals surface area contributed by atoms with Gasteiger partial charge in [0.25, 0.3) is 11.6 Å². The van der Waals surface area contributed by atoms with Crippen molar-refractivity contribution in [3.63, 3.8) is 0 Å². The SMILES string of the molecule is COc1ccc(C(=O)OCC(=O)Nc2ccc([N+](=O)[O-])cc2Cl)c(F)c1. The fourth-order valence-corrected chi connectivity index (χ4v) is 2.12. The summed E-state index contributed by atoms with van der Waals surface area (Å²) in [7, 11) is 1.35. The smallest absolute Gasteiger partial charge is 0.341 e. The van der Waals surface area contributed by atoms with Crippen LogP contribution in [0, 0.1) is 15.9 Å². The quantitative estimate of drug-likeness (QED) is 0.467. The fraction of sp³-hybridized carbons (Fsp3) is 0.125. The highest BCUT2D eigenvalue weighted by molar-refractivity contribution is 6.34. The second-order valence-electron chi connectivity index (χ2n) is 4.89. The lowest BCUT2D eigenvalue weighted by Crippen LogP contribution is -2.21. The van der Waals surface area contributed by atoms with Crippen molar-refractivity contribution in [3.8, 4) is 5.75 Å². The molecule has 0 aliphatic rings. The first-order valence-electron chi connectivity index (χ1n) is 7.06. The van der Waals surface area contributed by atoms with Gasteiger partial charge in [0.05, 0.1) is 28.3 Å². The third-order valence-electron chi connectivity index (χ3n) is 3.17. The van der Waals surface area contributed by atoms with E-state index in [0.717, 1.165) is 18.2 Å². The van der Waals surface area contributed by atoms with Crippen LogP contribution in [0.15, 0.2) is 36.4 Å². The summed E-state index contributed by atoms with van der Waals surface area (Å²) in [5.74, 6) is -2.41. The summed E-state index contributed by atoms with van der Waals surface area (Å²) in [5.41, 5.74) is -0.490. The maximum atomic E-state index is 13.8. The summed E-state index contributed by atoms with van der Waals surface area (Å²) in [6, 6.07) is 7.00. The van der Waals surface area contributed by atoms with Crippen molar-refractivity contribution in [2.75, 3.05) is 19.0 Å². The largest absolute Gasteiger partial charge is 0.497 e. The molecule has 0 unspecified atom stereocenters. The van der Waals surface area contributed by atoms with E-state index in [-0.39, 0.29) is 27.7 Å². The van der Waals surface area contributed by atoms with Gasteiger partial charge in [0.1, 0.15) is 11.6 Å². The van der Waals surface area contributed by atoms with E-state index in [4.69, 9.17) is 21.1 Å². The molecule has 0 saturated carbocycles. The van der Waals surface area contributed by atoms with Gasteiger partial charge >= 0.3 is 5.97 Å². The van der Waals surface area contributed by atoms with Crippen molar-refractivity contribution in [2.24, 2.45) is 0 Å². The first-order valence-corrected chi connectivity index (χ1v) is 7.44. The summed E-state index contributed by atoms with van der Waals surface area (Å²) in [6.07, 6.45) is 0. The Hall–Kier alpha value is -3.20. The van der Waals surface area contributed by atoms with Crippen LogP contribution in [0.25, 0.3) is 0 Å². The van der Waals surface area contributed by atoms with Crippen LogP contribution < -0.4 is 10.1 Å². The highest BCUT2D eigenvalue weighted by atomic mass is 35.5. The van der Waals surface area contributed by atoms with E-state index in [2.05, 4.69) is 5.32 Å². The minimum absolute atomic E-state index is 0.0555. The number of rotatable bonds is 6. The average Bonchev–Trinajstić information content (AvgIpc) is 2.61. The number of carbonyl (C=O) groups is 2. The van der Waals surface area contributed by atoms with Crippen molar-refractivity contribution in [1.82, 2.24) is 0 Å². The maximum Gasteiger partial charge on any atom is 0.341 e. The Bertz CT molecular complexity index is 874. The summed E-state index contributed by atoms with van der Waals surface area (Å²) in [6.45, 7) is -0.697. The van der Waals surface area contributed by atoms with E-state index < -0.39 is 29.2 Å². The lowest BCUT2D eigenvalue weighted by atomic mass is 10.2. The Morgan fingerprint density at radius 1 is 1.27 bits per heavy atom. The number of non-ortho nitro benzene ring substituents is 1. The molecule has 2 rings (SSSR count). The predicted octanol–water partition coefficient (Wildman–Crippen LogP) is 3.19. The Morgan fingerprint density at radius 2 is 2.00 bits per heavy atom. The molecular formula is C16H12ClFN2O6. The zero-order valence-electron chi connectivity index (χ0n) is 13.3. The monoisotopic (exact) mass is 382 g/mol. The van der Waals surface area contributed by atoms with Crippen LogP contribution in [-0.4, -0.2) is 30.5 Å². The molecule has 0 atom stereocenters. The second kappa shape index (κ2) is 8.26. The van der Waals surface area contributed by atoms with E-state index in [1.807, 2.05) is 0 Å². The Morgan fingerprint density at radius 3 is 2.58 bits per heavy atom. The first-order chi connectivity index (χ1) is 12.3. The molecule has 0 fully saturated rings. The topological polar surface area (TPSA) is 108 Å². The molecule has 136 valence electrons. The van der Waals surface area contributed by atoms with Crippen LogP contribution in [0.5, 0.6) is 5.75 Å². The van der Waals surface area contributed by atoms with Gasteiger partial charge in [0.15, 0.2) is 6.61 Å². The van der Waals surface area contributed by atoms with Gasteiger partial charge in [-0.3, -0.25) is 14.9 Å². The first kappa shape index (κ1) is 19.1. The number of anilines is 1. The number of hydrogen-bond acceptors (Lipinski definition) is 6. The number of nitrogens with zero attached hydrogens (tertiary/aromatic N) is 1. The van der Waals surface area contributed by atoms with Crippen LogP contribution in [0.2, 0.25) is 5.02 Å². The molecule has 0 aliphatic carbocycles. The molecule has 0 heterocycles. The van der Waals surface area contributed by atoms with Gasteiger partial charge < -0.3 is 14.8 Å². The van der Waals surface area contributed by atoms with Gasteiger partial charge in [-0.2, -0.15) is 0 Å². The van der Waals surface area contributed by atoms with Gasteiger partial charge in [-0.15, -0.1) is 0 Å². The van der Waals surface area contributed by atoms with E-state index in [1.54, 1.807) is 0 Å². The number of nitrogens with one attached hydrogen (secondary N) is 1. The third kappa shape index (κ3) is 4.67. The van der Waals surface area contributed by atoms with Crippen LogP contribution in [-0.2, 0) is 9.53 Å². The Kier molecular flexibility index (Phi) is 6.07. The summed E-state index contributed by atoms with van der Waals surface area (Å²) in [5, 5.41) is 12.9. The van der Waals surface area contributed by atoms with Gasteiger partial charge in [0, 0.05) is 18.2 Å². The second-order valence-corrected chi connectivity index (χ2v) is 5.30. The average molecular weight is 383 g/mol. The Labute approximate surface area is 151 Å². The number of benzene rings is 2. The molecule has 26 heavy (non-hydrogen) atoms. The van der Waals surface area contributed by atoms with Crippen molar-refractivity contribution >= 4 is 34.9 Å². The minimum atomic E-state index is -1.03. The summed E-state index contributed by atoms with van der Waals surface area (Å²) >= 11 is 5.84. The van der Waals surface area contributed by atoms with Crippen LogP contribution in [0.4, 0.5) is 15.8 Å². The highest BCUT2D eigenvalue weighted by Crippen LogP contribution is 2.26. The normalized spacial score (nSPS) is 10.1. The van der Waals surface area contributed by atoms with Gasteiger partial charge in [-0.05, 0) is 18.2 Å². The molecule has 0 radical (unpaired) electrons. The maximum absolute atomic E-state index is 13.8. The van der Waals surface area contributed by atoms with Gasteiger partial charge in [0.2, 0.25) is 0 Å². The number of methoxy groups -OCH3 is 1. The zero-order chi connectivity index (χ0) is 19.3. The van der Waals surface area contributed by atoms with E-state index in [0.29, 0.717) is 0 Å². The minimum Gasteiger partial charge on any atom is -0.497 e. The fourth-order valence-electron chi connectivity index (χ4n) is 1.90. The number of hydrogen-bond donors (Lipinski definition) is 1. The molecule has 8 nitrogen and oxygen atoms in total. The zero-order valence-corrected chi connectivity index (χ0v) is 14.1. The molecule has 0 bridgehead atoms. The van der Waals surface area contributed by atoms with Crippen molar-refractivity contribution < 1.29 is 28.4 Å². The van der Waals surface area contributed by atoms with E-state index >= 15 is 0 Å². The van der Waals surface area contributed by atoms with Gasteiger partial charge in [-0.25, -0.2) is 9.18 Å². The molecular weight excluding hydrogens is 371 g/mol. The van der Waals surface area contributed by atoms with Gasteiger partial charge in [-0.1, -0.05) is 11.6 Å². The highest BCUT2D eigenvalue weighted by Gasteiger charge is 2.17. The number of nitro groups is 1. The number of nitro benzene ring substituents is 1. The number of carbonyl (C=O) groups excluding carboxylic acids is 2. The molecule has 0 saturated heterocycles. The van der Waals surface area contributed by atoms with Crippen LogP contribution >= 0.6 is 11.6 Å². The molecule has 0 aliphatic heterocycles. The van der Waals surface area contributed by atoms with Crippen LogP contribution in [0.1, 0.15) is 10.4 Å². The van der Waals surface area contributed by atoms with Crippen LogP contribution in [0.3, 0.4) is 0 Å². The molecule has 2 aromatic carbocycles. The molecule has 10 heteroatoms.